The minimum absolute atomic E-state index is 0.0386. The van der Waals surface area contributed by atoms with Crippen molar-refractivity contribution in [3.8, 4) is 0 Å². The molecule has 104 valence electrons. The lowest BCUT2D eigenvalue weighted by Gasteiger charge is -2.02. The van der Waals surface area contributed by atoms with Crippen molar-refractivity contribution in [1.29, 1.82) is 0 Å². The monoisotopic (exact) mass is 277 g/mol. The standard InChI is InChI=1S/C11H11N5O4/c1-6-15-9(20-16-6)2-3-12-10(17)7-4-14-8(5-13-7)11(18)19/h4-5H,2-3H2,1H3,(H,12,17)(H,18,19). The average Bonchev–Trinajstić information content (AvgIpc) is 2.84. The van der Waals surface area contributed by atoms with E-state index in [2.05, 4.69) is 25.4 Å². The maximum atomic E-state index is 11.7. The first-order valence-corrected chi connectivity index (χ1v) is 5.69. The number of carbonyl (C=O) groups is 2. The van der Waals surface area contributed by atoms with Gasteiger partial charge in [0.2, 0.25) is 5.89 Å². The van der Waals surface area contributed by atoms with E-state index in [9.17, 15) is 9.59 Å². The van der Waals surface area contributed by atoms with Gasteiger partial charge in [0.05, 0.1) is 12.4 Å². The lowest BCUT2D eigenvalue weighted by atomic mass is 10.3. The van der Waals surface area contributed by atoms with Crippen LogP contribution < -0.4 is 5.32 Å². The Balaban J connectivity index is 1.86. The van der Waals surface area contributed by atoms with Crippen molar-refractivity contribution in [2.75, 3.05) is 6.54 Å². The zero-order chi connectivity index (χ0) is 14.5. The quantitative estimate of drug-likeness (QED) is 0.770. The van der Waals surface area contributed by atoms with E-state index in [0.29, 0.717) is 24.7 Å². The number of aryl methyl sites for hydroxylation is 1. The first kappa shape index (κ1) is 13.6. The van der Waals surface area contributed by atoms with Crippen LogP contribution >= 0.6 is 0 Å². The molecular weight excluding hydrogens is 266 g/mol. The summed E-state index contributed by atoms with van der Waals surface area (Å²) in [6.07, 6.45) is 2.53. The van der Waals surface area contributed by atoms with E-state index in [1.807, 2.05) is 0 Å². The molecule has 1 amide bonds. The summed E-state index contributed by atoms with van der Waals surface area (Å²) in [5, 5.41) is 14.9. The van der Waals surface area contributed by atoms with Crippen LogP contribution in [-0.2, 0) is 6.42 Å². The van der Waals surface area contributed by atoms with Crippen LogP contribution in [0.4, 0.5) is 0 Å². The van der Waals surface area contributed by atoms with E-state index in [4.69, 9.17) is 9.63 Å². The summed E-state index contributed by atoms with van der Waals surface area (Å²) in [6.45, 7) is 1.99. The van der Waals surface area contributed by atoms with Gasteiger partial charge in [0.1, 0.15) is 5.69 Å². The molecule has 2 N–H and O–H groups in total. The Morgan fingerprint density at radius 2 is 2.00 bits per heavy atom. The molecule has 2 heterocycles. The predicted octanol–water partition coefficient (Wildman–Crippen LogP) is -0.161. The second kappa shape index (κ2) is 5.87. The van der Waals surface area contributed by atoms with Crippen LogP contribution in [0, 0.1) is 6.92 Å². The maximum absolute atomic E-state index is 11.7. The highest BCUT2D eigenvalue weighted by atomic mass is 16.5. The van der Waals surface area contributed by atoms with Crippen LogP contribution in [-0.4, -0.2) is 43.6 Å². The van der Waals surface area contributed by atoms with Gasteiger partial charge in [-0.25, -0.2) is 14.8 Å². The molecule has 0 aliphatic carbocycles. The molecule has 9 heteroatoms. The summed E-state index contributed by atoms with van der Waals surface area (Å²) in [5.41, 5.74) is -0.181. The van der Waals surface area contributed by atoms with Crippen LogP contribution in [0.2, 0.25) is 0 Å². The highest BCUT2D eigenvalue weighted by molar-refractivity contribution is 5.92. The molecule has 0 atom stereocenters. The Bertz CT molecular complexity index is 622. The smallest absolute Gasteiger partial charge is 0.356 e. The van der Waals surface area contributed by atoms with Gasteiger partial charge in [-0.05, 0) is 6.92 Å². The Morgan fingerprint density at radius 1 is 1.30 bits per heavy atom. The molecule has 20 heavy (non-hydrogen) atoms. The van der Waals surface area contributed by atoms with Gasteiger partial charge < -0.3 is 14.9 Å². The predicted molar refractivity (Wildman–Crippen MR) is 64.1 cm³/mol. The Hall–Kier alpha value is -2.84. The molecule has 0 aliphatic rings. The molecule has 9 nitrogen and oxygen atoms in total. The molecule has 0 saturated carbocycles. The highest BCUT2D eigenvalue weighted by Crippen LogP contribution is 1.98. The second-order valence-electron chi connectivity index (χ2n) is 3.83. The van der Waals surface area contributed by atoms with Gasteiger partial charge in [0.25, 0.3) is 5.91 Å². The van der Waals surface area contributed by atoms with Gasteiger partial charge >= 0.3 is 5.97 Å². The second-order valence-corrected chi connectivity index (χ2v) is 3.83. The molecule has 2 rings (SSSR count). The fourth-order valence-corrected chi connectivity index (χ4v) is 1.37. The SMILES string of the molecule is Cc1noc(CCNC(=O)c2cnc(C(=O)O)cn2)n1. The number of hydrogen-bond donors (Lipinski definition) is 2. The summed E-state index contributed by atoms with van der Waals surface area (Å²) >= 11 is 0. The Morgan fingerprint density at radius 3 is 2.55 bits per heavy atom. The first-order valence-electron chi connectivity index (χ1n) is 5.69. The summed E-state index contributed by atoms with van der Waals surface area (Å²) in [6, 6.07) is 0. The molecule has 0 radical (unpaired) electrons. The van der Waals surface area contributed by atoms with Crippen LogP contribution in [0.25, 0.3) is 0 Å². The summed E-state index contributed by atoms with van der Waals surface area (Å²) < 4.78 is 4.89. The van der Waals surface area contributed by atoms with Crippen LogP contribution in [0.1, 0.15) is 32.7 Å². The molecular formula is C11H11N5O4. The third kappa shape index (κ3) is 3.34. The third-order valence-electron chi connectivity index (χ3n) is 2.30. The third-order valence-corrected chi connectivity index (χ3v) is 2.30. The minimum atomic E-state index is -1.20. The number of amides is 1. The molecule has 0 aromatic carbocycles. The zero-order valence-electron chi connectivity index (χ0n) is 10.5. The zero-order valence-corrected chi connectivity index (χ0v) is 10.5. The lowest BCUT2D eigenvalue weighted by molar-refractivity contribution is 0.0689. The van der Waals surface area contributed by atoms with Crippen molar-refractivity contribution in [2.45, 2.75) is 13.3 Å². The van der Waals surface area contributed by atoms with E-state index in [1.54, 1.807) is 6.92 Å². The lowest BCUT2D eigenvalue weighted by Crippen LogP contribution is -2.27. The molecule has 2 aromatic rings. The maximum Gasteiger partial charge on any atom is 0.356 e. The van der Waals surface area contributed by atoms with E-state index < -0.39 is 11.9 Å². The number of hydrogen-bond acceptors (Lipinski definition) is 7. The molecule has 0 aliphatic heterocycles. The highest BCUT2D eigenvalue weighted by Gasteiger charge is 2.11. The normalized spacial score (nSPS) is 10.2. The van der Waals surface area contributed by atoms with Gasteiger partial charge in [-0.1, -0.05) is 5.16 Å². The molecule has 0 fully saturated rings. The van der Waals surface area contributed by atoms with E-state index >= 15 is 0 Å². The number of carboxylic acids is 1. The molecule has 0 saturated heterocycles. The Labute approximate surface area is 113 Å². The molecule has 0 unspecified atom stereocenters. The summed E-state index contributed by atoms with van der Waals surface area (Å²) in [5.74, 6) is -0.696. The van der Waals surface area contributed by atoms with E-state index in [-0.39, 0.29) is 11.4 Å². The van der Waals surface area contributed by atoms with Gasteiger partial charge in [-0.3, -0.25) is 4.79 Å². The van der Waals surface area contributed by atoms with Gasteiger partial charge in [0, 0.05) is 13.0 Å². The molecule has 2 aromatic heterocycles. The van der Waals surface area contributed by atoms with Crippen molar-refractivity contribution in [2.24, 2.45) is 0 Å². The summed E-state index contributed by atoms with van der Waals surface area (Å²) in [4.78, 5) is 33.6. The number of nitrogens with one attached hydrogen (secondary N) is 1. The van der Waals surface area contributed by atoms with Crippen LogP contribution in [0.15, 0.2) is 16.9 Å². The van der Waals surface area contributed by atoms with Crippen molar-refractivity contribution >= 4 is 11.9 Å². The number of rotatable bonds is 5. The van der Waals surface area contributed by atoms with Crippen LogP contribution in [0.3, 0.4) is 0 Å². The average molecular weight is 277 g/mol. The first-order chi connectivity index (χ1) is 9.56. The largest absolute Gasteiger partial charge is 0.476 e. The van der Waals surface area contributed by atoms with Crippen molar-refractivity contribution in [3.63, 3.8) is 0 Å². The molecule has 0 bridgehead atoms. The number of carboxylic acid groups (broad SMARTS) is 1. The fraction of sp³-hybridized carbons (Fsp3) is 0.273. The summed E-state index contributed by atoms with van der Waals surface area (Å²) in [7, 11) is 0. The van der Waals surface area contributed by atoms with Gasteiger partial charge in [0.15, 0.2) is 11.5 Å². The fourth-order valence-electron chi connectivity index (χ4n) is 1.37. The van der Waals surface area contributed by atoms with Crippen molar-refractivity contribution in [1.82, 2.24) is 25.4 Å². The number of aromatic nitrogens is 4. The van der Waals surface area contributed by atoms with Gasteiger partial charge in [-0.15, -0.1) is 0 Å². The van der Waals surface area contributed by atoms with Crippen LogP contribution in [0.5, 0.6) is 0 Å². The van der Waals surface area contributed by atoms with E-state index in [0.717, 1.165) is 12.4 Å². The van der Waals surface area contributed by atoms with Crippen molar-refractivity contribution < 1.29 is 19.2 Å². The minimum Gasteiger partial charge on any atom is -0.476 e. The van der Waals surface area contributed by atoms with E-state index in [1.165, 1.54) is 0 Å². The Kier molecular flexibility index (Phi) is 3.99. The topological polar surface area (TPSA) is 131 Å². The molecule has 0 spiro atoms. The van der Waals surface area contributed by atoms with Gasteiger partial charge in [-0.2, -0.15) is 4.98 Å². The number of carbonyl (C=O) groups excluding carboxylic acids is 1. The number of nitrogens with zero attached hydrogens (tertiary/aromatic N) is 4. The number of aromatic carboxylic acids is 1. The van der Waals surface area contributed by atoms with Crippen molar-refractivity contribution in [3.05, 3.63) is 35.5 Å².